The van der Waals surface area contributed by atoms with Crippen LogP contribution in [0.2, 0.25) is 0 Å². The fraction of sp³-hybridized carbons (Fsp3) is 0.500. The molecular formula is C16H20Br2O4S2. The first kappa shape index (κ1) is 20.2. The van der Waals surface area contributed by atoms with Crippen molar-refractivity contribution in [1.82, 2.24) is 0 Å². The number of hydrogen-bond donors (Lipinski definition) is 0. The molecule has 2 rings (SSSR count). The van der Waals surface area contributed by atoms with Crippen molar-refractivity contribution in [2.24, 2.45) is 0 Å². The normalized spacial score (nSPS) is 11.0. The average molecular weight is 500 g/mol. The van der Waals surface area contributed by atoms with Crippen molar-refractivity contribution in [3.05, 3.63) is 19.7 Å². The smallest absolute Gasteiger partial charge is 0.140 e. The zero-order chi connectivity index (χ0) is 17.4. The highest BCUT2D eigenvalue weighted by molar-refractivity contribution is 9.11. The Morgan fingerprint density at radius 1 is 0.750 bits per heavy atom. The second kappa shape index (κ2) is 10.8. The molecule has 0 atom stereocenters. The van der Waals surface area contributed by atoms with Gasteiger partial charge in [-0.2, -0.15) is 0 Å². The van der Waals surface area contributed by atoms with Crippen LogP contribution in [0.4, 0.5) is 0 Å². The summed E-state index contributed by atoms with van der Waals surface area (Å²) in [5.74, 6) is 1.69. The van der Waals surface area contributed by atoms with Crippen molar-refractivity contribution in [3.8, 4) is 21.3 Å². The highest BCUT2D eigenvalue weighted by Gasteiger charge is 2.19. The van der Waals surface area contributed by atoms with Crippen LogP contribution in [0.3, 0.4) is 0 Å². The van der Waals surface area contributed by atoms with Crippen molar-refractivity contribution in [2.45, 2.75) is 13.8 Å². The summed E-state index contributed by atoms with van der Waals surface area (Å²) in [4.78, 5) is 2.11. The minimum Gasteiger partial charge on any atom is -0.490 e. The van der Waals surface area contributed by atoms with Crippen molar-refractivity contribution in [3.63, 3.8) is 0 Å². The molecular weight excluding hydrogens is 480 g/mol. The lowest BCUT2D eigenvalue weighted by atomic mass is 10.3. The Bertz CT molecular complexity index is 573. The molecule has 24 heavy (non-hydrogen) atoms. The van der Waals surface area contributed by atoms with E-state index < -0.39 is 0 Å². The molecule has 0 aromatic carbocycles. The van der Waals surface area contributed by atoms with Gasteiger partial charge in [-0.1, -0.05) is 0 Å². The maximum Gasteiger partial charge on any atom is 0.140 e. The molecule has 0 saturated carbocycles. The van der Waals surface area contributed by atoms with Crippen molar-refractivity contribution < 1.29 is 18.9 Å². The predicted octanol–water partition coefficient (Wildman–Crippen LogP) is 5.83. The first-order chi connectivity index (χ1) is 11.7. The third-order valence-corrected chi connectivity index (χ3v) is 6.32. The van der Waals surface area contributed by atoms with E-state index >= 15 is 0 Å². The van der Waals surface area contributed by atoms with Gasteiger partial charge < -0.3 is 18.9 Å². The van der Waals surface area contributed by atoms with Gasteiger partial charge in [0.05, 0.1) is 30.5 Å². The van der Waals surface area contributed by atoms with Crippen molar-refractivity contribution in [1.29, 1.82) is 0 Å². The number of ether oxygens (including phenoxy) is 4. The van der Waals surface area contributed by atoms with E-state index in [0.29, 0.717) is 39.6 Å². The quantitative estimate of drug-likeness (QED) is 0.364. The van der Waals surface area contributed by atoms with Gasteiger partial charge in [0.25, 0.3) is 0 Å². The summed E-state index contributed by atoms with van der Waals surface area (Å²) < 4.78 is 24.5. The number of rotatable bonds is 11. The van der Waals surface area contributed by atoms with Crippen LogP contribution in [-0.2, 0) is 9.47 Å². The molecule has 4 nitrogen and oxygen atoms in total. The summed E-state index contributed by atoms with van der Waals surface area (Å²) in [5, 5.41) is 0. The van der Waals surface area contributed by atoms with Crippen LogP contribution < -0.4 is 9.47 Å². The van der Waals surface area contributed by atoms with E-state index in [9.17, 15) is 0 Å². The SMILES string of the molecule is CCOCCOc1cc(Br)sc1-c1sc(Br)cc1OCCOCC. The third kappa shape index (κ3) is 6.00. The van der Waals surface area contributed by atoms with Gasteiger partial charge in [0.2, 0.25) is 0 Å². The standard InChI is InChI=1S/C16H20Br2O4S2/c1-3-19-5-7-21-11-9-13(17)23-15(11)16-12(10-14(18)24-16)22-8-6-20-4-2/h9-10H,3-8H2,1-2H3. The minimum absolute atomic E-state index is 0.525. The maximum atomic E-state index is 5.89. The van der Waals surface area contributed by atoms with Gasteiger partial charge in [0, 0.05) is 25.3 Å². The summed E-state index contributed by atoms with van der Waals surface area (Å²) >= 11 is 10.4. The Morgan fingerprint density at radius 2 is 1.17 bits per heavy atom. The van der Waals surface area contributed by atoms with E-state index in [1.807, 2.05) is 26.0 Å². The highest BCUT2D eigenvalue weighted by atomic mass is 79.9. The molecule has 0 N–H and O–H groups in total. The molecule has 0 amide bonds. The fourth-order valence-electron chi connectivity index (χ4n) is 1.93. The monoisotopic (exact) mass is 498 g/mol. The molecule has 8 heteroatoms. The minimum atomic E-state index is 0.525. The van der Waals surface area contributed by atoms with Gasteiger partial charge in [0.1, 0.15) is 24.7 Å². The molecule has 2 aromatic heterocycles. The van der Waals surface area contributed by atoms with E-state index in [0.717, 1.165) is 28.8 Å². The molecule has 0 fully saturated rings. The zero-order valence-electron chi connectivity index (χ0n) is 13.6. The largest absolute Gasteiger partial charge is 0.490 e. The highest BCUT2D eigenvalue weighted by Crippen LogP contribution is 2.49. The number of thiophene rings is 2. The van der Waals surface area contributed by atoms with Crippen molar-refractivity contribution >= 4 is 54.5 Å². The van der Waals surface area contributed by atoms with Gasteiger partial charge >= 0.3 is 0 Å². The Balaban J connectivity index is 2.12. The third-order valence-electron chi connectivity index (χ3n) is 2.92. The second-order valence-corrected chi connectivity index (χ2v) is 9.44. The van der Waals surface area contributed by atoms with Crippen LogP contribution in [0.5, 0.6) is 11.5 Å². The lowest BCUT2D eigenvalue weighted by molar-refractivity contribution is 0.110. The molecule has 0 aliphatic rings. The Hall–Kier alpha value is -0.120. The summed E-state index contributed by atoms with van der Waals surface area (Å²) in [6.45, 7) is 7.54. The van der Waals surface area contributed by atoms with Crippen LogP contribution in [0.25, 0.3) is 9.75 Å². The van der Waals surface area contributed by atoms with Gasteiger partial charge in [-0.15, -0.1) is 22.7 Å². The molecule has 0 aliphatic carbocycles. The van der Waals surface area contributed by atoms with Crippen LogP contribution >= 0.6 is 54.5 Å². The molecule has 2 aromatic rings. The van der Waals surface area contributed by atoms with E-state index in [-0.39, 0.29) is 0 Å². The van der Waals surface area contributed by atoms with Crippen LogP contribution in [0.15, 0.2) is 19.7 Å². The van der Waals surface area contributed by atoms with Gasteiger partial charge in [-0.25, -0.2) is 0 Å². The lowest BCUT2D eigenvalue weighted by Crippen LogP contribution is -2.07. The summed E-state index contributed by atoms with van der Waals surface area (Å²) in [5.41, 5.74) is 0. The van der Waals surface area contributed by atoms with E-state index in [1.54, 1.807) is 22.7 Å². The Kier molecular flexibility index (Phi) is 9.07. The van der Waals surface area contributed by atoms with Gasteiger partial charge in [-0.05, 0) is 45.7 Å². The second-order valence-electron chi connectivity index (χ2n) is 4.58. The Morgan fingerprint density at radius 3 is 1.54 bits per heavy atom. The van der Waals surface area contributed by atoms with E-state index in [4.69, 9.17) is 18.9 Å². The zero-order valence-corrected chi connectivity index (χ0v) is 18.4. The van der Waals surface area contributed by atoms with Crippen LogP contribution in [0, 0.1) is 0 Å². The van der Waals surface area contributed by atoms with E-state index in [2.05, 4.69) is 31.9 Å². The van der Waals surface area contributed by atoms with Crippen molar-refractivity contribution in [2.75, 3.05) is 39.6 Å². The molecule has 0 unspecified atom stereocenters. The molecule has 0 radical (unpaired) electrons. The molecule has 0 spiro atoms. The Labute approximate surface area is 167 Å². The molecule has 0 saturated heterocycles. The molecule has 134 valence electrons. The molecule has 0 bridgehead atoms. The average Bonchev–Trinajstić information content (AvgIpc) is 3.10. The predicted molar refractivity (Wildman–Crippen MR) is 107 cm³/mol. The molecule has 2 heterocycles. The summed E-state index contributed by atoms with van der Waals surface area (Å²) in [7, 11) is 0. The number of halogens is 2. The summed E-state index contributed by atoms with van der Waals surface area (Å²) in [6.07, 6.45) is 0. The number of hydrogen-bond acceptors (Lipinski definition) is 6. The van der Waals surface area contributed by atoms with Crippen LogP contribution in [0.1, 0.15) is 13.8 Å². The fourth-order valence-corrected chi connectivity index (χ4v) is 5.11. The van der Waals surface area contributed by atoms with Crippen LogP contribution in [-0.4, -0.2) is 39.6 Å². The first-order valence-electron chi connectivity index (χ1n) is 7.65. The topological polar surface area (TPSA) is 36.9 Å². The van der Waals surface area contributed by atoms with Gasteiger partial charge in [-0.3, -0.25) is 0 Å². The first-order valence-corrected chi connectivity index (χ1v) is 10.9. The van der Waals surface area contributed by atoms with Gasteiger partial charge in [0.15, 0.2) is 0 Å². The summed E-state index contributed by atoms with van der Waals surface area (Å²) in [6, 6.07) is 3.98. The van der Waals surface area contributed by atoms with E-state index in [1.165, 1.54) is 0 Å². The molecule has 0 aliphatic heterocycles. The maximum absolute atomic E-state index is 5.89. The lowest BCUT2D eigenvalue weighted by Gasteiger charge is -2.09.